The fourth-order valence-corrected chi connectivity index (χ4v) is 10.2. The van der Waals surface area contributed by atoms with Gasteiger partial charge in [-0.15, -0.1) is 24.9 Å². The Kier molecular flexibility index (Phi) is 10.3. The molecule has 3 unspecified atom stereocenters. The van der Waals surface area contributed by atoms with Gasteiger partial charge in [0.15, 0.2) is 0 Å². The van der Waals surface area contributed by atoms with Crippen LogP contribution in [0.15, 0.2) is 67.8 Å². The van der Waals surface area contributed by atoms with E-state index in [4.69, 9.17) is 4.74 Å². The van der Waals surface area contributed by atoms with Crippen molar-refractivity contribution in [3.63, 3.8) is 0 Å². The number of benzene rings is 2. The minimum atomic E-state index is -0.756. The number of aliphatic hydroxyl groups excluding tert-OH is 1. The van der Waals surface area contributed by atoms with E-state index in [9.17, 15) is 19.5 Å². The normalized spacial score (nSPS) is 26.2. The Morgan fingerprint density at radius 1 is 1.07 bits per heavy atom. The first kappa shape index (κ1) is 33.8. The van der Waals surface area contributed by atoms with Crippen molar-refractivity contribution in [1.82, 2.24) is 4.90 Å². The van der Waals surface area contributed by atoms with E-state index in [1.165, 1.54) is 0 Å². The number of amides is 3. The summed E-state index contributed by atoms with van der Waals surface area (Å²) in [6, 6.07) is 12.7. The van der Waals surface area contributed by atoms with Crippen molar-refractivity contribution >= 4 is 40.9 Å². The zero-order chi connectivity index (χ0) is 33.2. The highest BCUT2D eigenvalue weighted by molar-refractivity contribution is 8.02. The number of ether oxygens (including phenoxy) is 1. The van der Waals surface area contributed by atoms with E-state index in [1.807, 2.05) is 63.2 Å². The third-order valence-electron chi connectivity index (χ3n) is 9.84. The Morgan fingerprint density at radius 2 is 1.76 bits per heavy atom. The van der Waals surface area contributed by atoms with E-state index in [-0.39, 0.29) is 35.5 Å². The zero-order valence-corrected chi connectivity index (χ0v) is 28.3. The van der Waals surface area contributed by atoms with E-state index in [0.29, 0.717) is 44.8 Å². The topological polar surface area (TPSA) is 90.4 Å². The number of anilines is 2. The number of unbranched alkanes of at least 4 members (excludes halogenated alkanes) is 1. The van der Waals surface area contributed by atoms with Crippen LogP contribution in [0.4, 0.5) is 11.4 Å². The summed E-state index contributed by atoms with van der Waals surface area (Å²) < 4.78 is 4.86. The Bertz CT molecular complexity index is 1480. The molecule has 0 saturated carbocycles. The Morgan fingerprint density at radius 3 is 2.41 bits per heavy atom. The molecule has 3 heterocycles. The third kappa shape index (κ3) is 5.77. The summed E-state index contributed by atoms with van der Waals surface area (Å²) in [5.41, 5.74) is 3.52. The monoisotopic (exact) mass is 645 g/mol. The van der Waals surface area contributed by atoms with Gasteiger partial charge in [-0.3, -0.25) is 14.4 Å². The van der Waals surface area contributed by atoms with Crippen molar-refractivity contribution in [2.45, 2.75) is 63.0 Å². The maximum absolute atomic E-state index is 15.0. The number of carbonyl (C=O) groups excluding carboxylic acids is 3. The van der Waals surface area contributed by atoms with Gasteiger partial charge in [-0.2, -0.15) is 0 Å². The zero-order valence-electron chi connectivity index (χ0n) is 27.5. The van der Waals surface area contributed by atoms with Crippen molar-refractivity contribution in [3.05, 3.63) is 78.9 Å². The highest BCUT2D eigenvalue weighted by Crippen LogP contribution is 2.69. The molecule has 2 aromatic carbocycles. The predicted octanol–water partition coefficient (Wildman–Crippen LogP) is 5.55. The number of aliphatic hydroxyl groups is 1. The molecule has 2 aromatic rings. The predicted molar refractivity (Wildman–Crippen MR) is 185 cm³/mol. The van der Waals surface area contributed by atoms with Gasteiger partial charge in [0.2, 0.25) is 11.8 Å². The minimum Gasteiger partial charge on any atom is -0.494 e. The number of aryl methyl sites for hydroxylation is 2. The summed E-state index contributed by atoms with van der Waals surface area (Å²) in [6.45, 7) is 17.4. The molecule has 1 spiro atoms. The molecular formula is C37H47N3O5S. The molecular weight excluding hydrogens is 598 g/mol. The largest absolute Gasteiger partial charge is 0.494 e. The highest BCUT2D eigenvalue weighted by Gasteiger charge is 2.76. The van der Waals surface area contributed by atoms with Gasteiger partial charge in [0.05, 0.1) is 23.2 Å². The number of thioether (sulfide) groups is 1. The molecule has 1 N–H and O–H groups in total. The lowest BCUT2D eigenvalue weighted by Crippen LogP contribution is -2.58. The van der Waals surface area contributed by atoms with Crippen LogP contribution in [0.25, 0.3) is 0 Å². The van der Waals surface area contributed by atoms with E-state index in [0.717, 1.165) is 29.0 Å². The summed E-state index contributed by atoms with van der Waals surface area (Å²) in [4.78, 5) is 49.5. The molecule has 0 aromatic heterocycles. The highest BCUT2D eigenvalue weighted by atomic mass is 32.2. The SMILES string of the molecule is C=CCN(C(=O)[C@@H]1[C@H]2C(=O)N(CCCCO)C(C(=O)N(CC=C)c3cc(C)ccc3C)C23S[C@@H]1CC3C)c1ccc(OCC)cc1. The molecule has 46 heavy (non-hydrogen) atoms. The average Bonchev–Trinajstić information content (AvgIpc) is 3.63. The quantitative estimate of drug-likeness (QED) is 0.214. The smallest absolute Gasteiger partial charge is 0.251 e. The average molecular weight is 646 g/mol. The number of rotatable bonds is 14. The molecule has 3 aliphatic heterocycles. The fourth-order valence-electron chi connectivity index (χ4n) is 7.83. The van der Waals surface area contributed by atoms with E-state index >= 15 is 0 Å². The second-order valence-electron chi connectivity index (χ2n) is 12.7. The molecule has 3 aliphatic rings. The summed E-state index contributed by atoms with van der Waals surface area (Å²) in [5.74, 6) is -0.849. The van der Waals surface area contributed by atoms with Gasteiger partial charge in [0, 0.05) is 42.9 Å². The van der Waals surface area contributed by atoms with Crippen LogP contribution in [-0.2, 0) is 14.4 Å². The maximum Gasteiger partial charge on any atom is 0.251 e. The van der Waals surface area contributed by atoms with Crippen LogP contribution < -0.4 is 14.5 Å². The molecule has 0 aliphatic carbocycles. The van der Waals surface area contributed by atoms with Gasteiger partial charge < -0.3 is 24.5 Å². The van der Waals surface area contributed by atoms with E-state index < -0.39 is 22.6 Å². The van der Waals surface area contributed by atoms with Crippen LogP contribution in [0, 0.1) is 31.6 Å². The molecule has 246 valence electrons. The second-order valence-corrected chi connectivity index (χ2v) is 14.3. The maximum atomic E-state index is 15.0. The van der Waals surface area contributed by atoms with Crippen molar-refractivity contribution in [2.75, 3.05) is 42.6 Å². The van der Waals surface area contributed by atoms with E-state index in [2.05, 4.69) is 20.1 Å². The molecule has 2 bridgehead atoms. The van der Waals surface area contributed by atoms with Crippen LogP contribution in [0.5, 0.6) is 5.75 Å². The number of carbonyl (C=O) groups is 3. The molecule has 6 atom stereocenters. The first-order valence-electron chi connectivity index (χ1n) is 16.4. The lowest BCUT2D eigenvalue weighted by atomic mass is 9.65. The lowest BCUT2D eigenvalue weighted by molar-refractivity contribution is -0.139. The van der Waals surface area contributed by atoms with Crippen molar-refractivity contribution < 1.29 is 24.2 Å². The van der Waals surface area contributed by atoms with Gasteiger partial charge in [0.25, 0.3) is 5.91 Å². The summed E-state index contributed by atoms with van der Waals surface area (Å²) >= 11 is 1.68. The standard InChI is InChI=1S/C37H47N3O5S/c1-7-18-38(27-14-16-28(17-15-27)45-9-3)34(42)31-30-23-26(6)37(46-30)32(31)35(43)40(20-10-11-21-41)33(37)36(44)39(19-8-2)29-22-24(4)12-13-25(29)5/h7-8,12-17,22,26,30-33,41H,1-2,9-11,18-21,23H2,3-6H3/t26?,30-,31+,32+,33?,37?/m1/s1. The van der Waals surface area contributed by atoms with Gasteiger partial charge >= 0.3 is 0 Å². The van der Waals surface area contributed by atoms with E-state index in [1.54, 1.807) is 38.6 Å². The summed E-state index contributed by atoms with van der Waals surface area (Å²) in [6.07, 6.45) is 5.26. The minimum absolute atomic E-state index is 0.00717. The van der Waals surface area contributed by atoms with Crippen molar-refractivity contribution in [3.8, 4) is 5.75 Å². The molecule has 3 fully saturated rings. The van der Waals surface area contributed by atoms with Crippen LogP contribution in [-0.4, -0.2) is 76.6 Å². The molecule has 8 nitrogen and oxygen atoms in total. The van der Waals surface area contributed by atoms with Crippen LogP contribution in [0.1, 0.15) is 44.2 Å². The molecule has 0 radical (unpaired) electrons. The first-order valence-corrected chi connectivity index (χ1v) is 17.3. The van der Waals surface area contributed by atoms with Crippen LogP contribution >= 0.6 is 11.8 Å². The number of nitrogens with zero attached hydrogens (tertiary/aromatic N) is 3. The Hall–Kier alpha value is -3.56. The van der Waals surface area contributed by atoms with Gasteiger partial charge in [0.1, 0.15) is 11.8 Å². The summed E-state index contributed by atoms with van der Waals surface area (Å²) in [7, 11) is 0. The van der Waals surface area contributed by atoms with Gasteiger partial charge in [-0.1, -0.05) is 31.2 Å². The molecule has 3 amide bonds. The summed E-state index contributed by atoms with van der Waals surface area (Å²) in [5, 5.41) is 9.49. The number of likely N-dealkylation sites (tertiary alicyclic amines) is 1. The molecule has 3 saturated heterocycles. The number of hydrogen-bond donors (Lipinski definition) is 1. The lowest BCUT2D eigenvalue weighted by Gasteiger charge is -2.41. The van der Waals surface area contributed by atoms with Crippen LogP contribution in [0.3, 0.4) is 0 Å². The Balaban J connectivity index is 1.57. The molecule has 9 heteroatoms. The van der Waals surface area contributed by atoms with Crippen molar-refractivity contribution in [1.29, 1.82) is 0 Å². The second kappa shape index (κ2) is 14.1. The third-order valence-corrected chi connectivity index (χ3v) is 11.9. The van der Waals surface area contributed by atoms with Gasteiger partial charge in [-0.05, 0) is 87.4 Å². The van der Waals surface area contributed by atoms with Crippen molar-refractivity contribution in [2.24, 2.45) is 17.8 Å². The molecule has 5 rings (SSSR count). The Labute approximate surface area is 277 Å². The van der Waals surface area contributed by atoms with Gasteiger partial charge in [-0.25, -0.2) is 0 Å². The fraction of sp³-hybridized carbons (Fsp3) is 0.486. The number of hydrogen-bond acceptors (Lipinski definition) is 6. The number of fused-ring (bicyclic) bond motifs is 1. The first-order chi connectivity index (χ1) is 22.1. The van der Waals surface area contributed by atoms with Crippen LogP contribution in [0.2, 0.25) is 0 Å².